The molecule has 0 aliphatic heterocycles. The van der Waals surface area contributed by atoms with E-state index < -0.39 is 0 Å². The van der Waals surface area contributed by atoms with Gasteiger partial charge in [-0.25, -0.2) is 4.98 Å². The van der Waals surface area contributed by atoms with Crippen molar-refractivity contribution in [3.05, 3.63) is 24.3 Å². The summed E-state index contributed by atoms with van der Waals surface area (Å²) in [6.07, 6.45) is 5.66. The second-order valence-electron chi connectivity index (χ2n) is 4.81. The summed E-state index contributed by atoms with van der Waals surface area (Å²) in [5.41, 5.74) is 0.321. The van der Waals surface area contributed by atoms with E-state index in [1.54, 1.807) is 7.05 Å². The molecule has 2 atom stereocenters. The molecular formula is C13H20N6O. The van der Waals surface area contributed by atoms with Gasteiger partial charge in [-0.05, 0) is 12.3 Å². The lowest BCUT2D eigenvalue weighted by atomic mass is 10.4. The Balaban J connectivity index is 1.64. The van der Waals surface area contributed by atoms with E-state index in [0.717, 1.165) is 5.96 Å². The van der Waals surface area contributed by atoms with Crippen molar-refractivity contribution in [1.82, 2.24) is 25.9 Å². The number of carbonyl (C=O) groups is 1. The van der Waals surface area contributed by atoms with Crippen molar-refractivity contribution in [3.63, 3.8) is 0 Å². The number of nitrogens with one attached hydrogen (secondary N) is 3. The highest BCUT2D eigenvalue weighted by Crippen LogP contribution is 2.28. The first-order chi connectivity index (χ1) is 9.70. The molecule has 1 aliphatic rings. The van der Waals surface area contributed by atoms with Crippen molar-refractivity contribution in [1.29, 1.82) is 0 Å². The van der Waals surface area contributed by atoms with Crippen LogP contribution in [0.15, 0.2) is 23.6 Å². The normalized spacial score (nSPS) is 21.2. The number of hydrogen-bond donors (Lipinski definition) is 3. The molecule has 1 fully saturated rings. The Labute approximate surface area is 118 Å². The van der Waals surface area contributed by atoms with Gasteiger partial charge < -0.3 is 16.0 Å². The molecule has 7 nitrogen and oxygen atoms in total. The number of hydrogen-bond acceptors (Lipinski definition) is 4. The van der Waals surface area contributed by atoms with Gasteiger partial charge in [0.05, 0.1) is 6.20 Å². The largest absolute Gasteiger partial charge is 0.355 e. The summed E-state index contributed by atoms with van der Waals surface area (Å²) in [6, 6.07) is 0.524. The minimum Gasteiger partial charge on any atom is -0.355 e. The molecule has 2 rings (SSSR count). The maximum atomic E-state index is 11.7. The summed E-state index contributed by atoms with van der Waals surface area (Å²) < 4.78 is 0. The molecule has 0 saturated heterocycles. The SMILES string of the molecule is CN=C(NCCNC(=O)c1cnccn1)NC1CC1C. The van der Waals surface area contributed by atoms with E-state index in [-0.39, 0.29) is 5.91 Å². The Morgan fingerprint density at radius 3 is 2.75 bits per heavy atom. The Morgan fingerprint density at radius 2 is 2.15 bits per heavy atom. The topological polar surface area (TPSA) is 91.3 Å². The van der Waals surface area contributed by atoms with Crippen LogP contribution in [0, 0.1) is 5.92 Å². The fourth-order valence-electron chi connectivity index (χ4n) is 1.76. The van der Waals surface area contributed by atoms with Crippen molar-refractivity contribution in [2.24, 2.45) is 10.9 Å². The van der Waals surface area contributed by atoms with Gasteiger partial charge in [-0.1, -0.05) is 6.92 Å². The third kappa shape index (κ3) is 4.18. The van der Waals surface area contributed by atoms with Crippen LogP contribution in [0.25, 0.3) is 0 Å². The van der Waals surface area contributed by atoms with Gasteiger partial charge in [-0.3, -0.25) is 14.8 Å². The molecule has 3 N–H and O–H groups in total. The lowest BCUT2D eigenvalue weighted by Gasteiger charge is -2.11. The molecule has 0 spiro atoms. The fourth-order valence-corrected chi connectivity index (χ4v) is 1.76. The van der Waals surface area contributed by atoms with Gasteiger partial charge >= 0.3 is 0 Å². The average molecular weight is 276 g/mol. The molecule has 1 aromatic rings. The monoisotopic (exact) mass is 276 g/mol. The lowest BCUT2D eigenvalue weighted by molar-refractivity contribution is 0.0949. The second kappa shape index (κ2) is 6.83. The van der Waals surface area contributed by atoms with Crippen LogP contribution in [0.2, 0.25) is 0 Å². The van der Waals surface area contributed by atoms with Crippen molar-refractivity contribution >= 4 is 11.9 Å². The van der Waals surface area contributed by atoms with Gasteiger partial charge in [0, 0.05) is 38.6 Å². The molecule has 0 radical (unpaired) electrons. The second-order valence-corrected chi connectivity index (χ2v) is 4.81. The Kier molecular flexibility index (Phi) is 4.86. The Hall–Kier alpha value is -2.18. The zero-order valence-electron chi connectivity index (χ0n) is 11.8. The van der Waals surface area contributed by atoms with Crippen LogP contribution >= 0.6 is 0 Å². The van der Waals surface area contributed by atoms with E-state index in [9.17, 15) is 4.79 Å². The molecule has 20 heavy (non-hydrogen) atoms. The number of aromatic nitrogens is 2. The lowest BCUT2D eigenvalue weighted by Crippen LogP contribution is -2.42. The summed E-state index contributed by atoms with van der Waals surface area (Å²) in [5, 5.41) is 9.24. The molecule has 0 bridgehead atoms. The van der Waals surface area contributed by atoms with E-state index in [4.69, 9.17) is 0 Å². The highest BCUT2D eigenvalue weighted by molar-refractivity contribution is 5.91. The summed E-state index contributed by atoms with van der Waals surface area (Å²) in [5.74, 6) is 1.26. The number of rotatable bonds is 5. The molecule has 2 unspecified atom stereocenters. The van der Waals surface area contributed by atoms with Gasteiger partial charge in [0.2, 0.25) is 0 Å². The van der Waals surface area contributed by atoms with Gasteiger partial charge in [0.1, 0.15) is 5.69 Å². The van der Waals surface area contributed by atoms with Crippen LogP contribution in [-0.2, 0) is 0 Å². The molecule has 1 amide bonds. The van der Waals surface area contributed by atoms with Crippen LogP contribution in [-0.4, -0.2) is 48.0 Å². The van der Waals surface area contributed by atoms with E-state index >= 15 is 0 Å². The molecule has 0 aromatic carbocycles. The summed E-state index contributed by atoms with van der Waals surface area (Å²) in [4.78, 5) is 23.6. The highest BCUT2D eigenvalue weighted by atomic mass is 16.1. The van der Waals surface area contributed by atoms with Crippen molar-refractivity contribution in [2.45, 2.75) is 19.4 Å². The van der Waals surface area contributed by atoms with Crippen LogP contribution in [0.5, 0.6) is 0 Å². The smallest absolute Gasteiger partial charge is 0.271 e. The van der Waals surface area contributed by atoms with Crippen molar-refractivity contribution < 1.29 is 4.79 Å². The molecule has 1 heterocycles. The van der Waals surface area contributed by atoms with Crippen LogP contribution in [0.1, 0.15) is 23.8 Å². The number of nitrogens with zero attached hydrogens (tertiary/aromatic N) is 3. The van der Waals surface area contributed by atoms with Crippen LogP contribution in [0.3, 0.4) is 0 Å². The molecule has 1 aromatic heterocycles. The van der Waals surface area contributed by atoms with Gasteiger partial charge in [-0.2, -0.15) is 0 Å². The minimum absolute atomic E-state index is 0.223. The number of aliphatic imine (C=N–C) groups is 1. The van der Waals surface area contributed by atoms with E-state index in [2.05, 4.69) is 37.8 Å². The molecule has 108 valence electrons. The average Bonchev–Trinajstić information content (AvgIpc) is 3.18. The van der Waals surface area contributed by atoms with E-state index in [1.165, 1.54) is 25.0 Å². The first-order valence-corrected chi connectivity index (χ1v) is 6.72. The highest BCUT2D eigenvalue weighted by Gasteiger charge is 2.33. The van der Waals surface area contributed by atoms with Crippen molar-refractivity contribution in [2.75, 3.05) is 20.1 Å². The van der Waals surface area contributed by atoms with Gasteiger partial charge in [0.25, 0.3) is 5.91 Å². The standard InChI is InChI=1S/C13H20N6O/c1-9-7-10(9)19-13(14-2)18-6-5-17-12(20)11-8-15-3-4-16-11/h3-4,8-10H,5-7H2,1-2H3,(H,17,20)(H2,14,18,19). The zero-order valence-corrected chi connectivity index (χ0v) is 11.8. The molecule has 1 saturated carbocycles. The Morgan fingerprint density at radius 1 is 1.40 bits per heavy atom. The Bertz CT molecular complexity index is 475. The zero-order chi connectivity index (χ0) is 14.4. The number of carbonyl (C=O) groups excluding carboxylic acids is 1. The predicted molar refractivity (Wildman–Crippen MR) is 76.4 cm³/mol. The van der Waals surface area contributed by atoms with Crippen molar-refractivity contribution in [3.8, 4) is 0 Å². The van der Waals surface area contributed by atoms with E-state index in [0.29, 0.717) is 30.7 Å². The molecular weight excluding hydrogens is 256 g/mol. The minimum atomic E-state index is -0.223. The number of amides is 1. The quantitative estimate of drug-likeness (QED) is 0.393. The number of guanidine groups is 1. The molecule has 1 aliphatic carbocycles. The summed E-state index contributed by atoms with van der Waals surface area (Å²) in [7, 11) is 1.74. The van der Waals surface area contributed by atoms with Gasteiger partial charge in [0.15, 0.2) is 5.96 Å². The van der Waals surface area contributed by atoms with E-state index in [1.807, 2.05) is 0 Å². The first kappa shape index (κ1) is 14.2. The summed E-state index contributed by atoms with van der Waals surface area (Å²) >= 11 is 0. The third-order valence-corrected chi connectivity index (χ3v) is 3.15. The maximum absolute atomic E-state index is 11.7. The summed E-state index contributed by atoms with van der Waals surface area (Å²) in [6.45, 7) is 3.30. The van der Waals surface area contributed by atoms with Crippen LogP contribution in [0.4, 0.5) is 0 Å². The van der Waals surface area contributed by atoms with Crippen LogP contribution < -0.4 is 16.0 Å². The molecule has 7 heteroatoms. The predicted octanol–water partition coefficient (Wildman–Crippen LogP) is -0.220. The maximum Gasteiger partial charge on any atom is 0.271 e. The fraction of sp³-hybridized carbons (Fsp3) is 0.538. The first-order valence-electron chi connectivity index (χ1n) is 6.72. The third-order valence-electron chi connectivity index (χ3n) is 3.15. The van der Waals surface area contributed by atoms with Gasteiger partial charge in [-0.15, -0.1) is 0 Å².